The molecular weight excluding hydrogens is 1870 g/mol. The average Bonchev–Trinajstić information content (AvgIpc) is 1.59. The van der Waals surface area contributed by atoms with E-state index in [4.69, 9.17) is 56.9 Å². The first-order chi connectivity index (χ1) is 65.5. The lowest BCUT2D eigenvalue weighted by atomic mass is 9.86. The molecule has 0 fully saturated rings. The Hall–Kier alpha value is -13.3. The number of methoxy groups -OCH3 is 3. The van der Waals surface area contributed by atoms with Gasteiger partial charge in [-0.3, -0.25) is 38.3 Å². The normalized spacial score (nSPS) is 13.9. The standard InChI is InChI=1S/C50H52ClN9O8S2.C49H51ClN8O7S2/c1-28-10-11-33(39(22-29(2)61)34-24-40-46(42(25-34)66-7)59(6)57-55-40)23-35(28)27-58(5)70(64,65)38-18-16-37(17-19-38)68-21-9-20-52-49(63)47-30(3)44-45(32-12-14-36(51)15-13-32)53-41(26-43(62)67-8)48-56-54-31(4)60(48)50(44)69-47;1-28-9-10-33(39(24-44(60)61)34-22-40-47(42(23-34)64-7)56(5)27-52-40)21-35(28)26-57(6)67(62,63)38-17-15-37(16-18-38)65-20-8-19-51-43(59)25-41-48-55-54-31(4)58(48)49-45(29(2)30(3)66-49)46(53-41)32-11-13-36(50)14-12-32/h10-19,23-25,39,41,61H,2,9,20-22,26-27H2,1,3-8H3,(H,52,63);9-18,21-23,27,39,41H,8,19-20,24-26H2,1-7H3,(H,51,59)(H,60,61)/t2*39?,41-/m00/s1. The highest BCUT2D eigenvalue weighted by Gasteiger charge is 2.38. The highest BCUT2D eigenvalue weighted by Crippen LogP contribution is 2.45. The van der Waals surface area contributed by atoms with Gasteiger partial charge in [-0.05, 0) is 214 Å². The van der Waals surface area contributed by atoms with Crippen molar-refractivity contribution < 1.29 is 69.9 Å². The van der Waals surface area contributed by atoms with E-state index in [1.54, 1.807) is 80.0 Å². The number of carboxylic acids is 1. The number of esters is 1. The molecule has 8 heterocycles. The molecule has 0 bridgehead atoms. The van der Waals surface area contributed by atoms with E-state index in [0.29, 0.717) is 114 Å². The fraction of sp³-hybridized carbons (Fsp3) is 0.303. The number of fused-ring (bicyclic) bond motifs is 8. The molecule has 0 saturated heterocycles. The minimum Gasteiger partial charge on any atom is -0.513 e. The van der Waals surface area contributed by atoms with E-state index < -0.39 is 50.0 Å². The molecule has 2 aliphatic heterocycles. The number of hydrogen-bond donors (Lipinski definition) is 4. The zero-order valence-corrected chi connectivity index (χ0v) is 82.7. The van der Waals surface area contributed by atoms with Gasteiger partial charge in [0, 0.05) is 110 Å². The van der Waals surface area contributed by atoms with Crippen molar-refractivity contribution in [2.45, 2.75) is 134 Å². The van der Waals surface area contributed by atoms with Crippen LogP contribution in [-0.4, -0.2) is 187 Å². The van der Waals surface area contributed by atoms with Crippen LogP contribution >= 0.6 is 45.9 Å². The monoisotopic (exact) mass is 1970 g/mol. The second kappa shape index (κ2) is 41.7. The van der Waals surface area contributed by atoms with E-state index in [1.807, 2.05) is 152 Å². The molecule has 137 heavy (non-hydrogen) atoms. The zero-order chi connectivity index (χ0) is 97.7. The maximum atomic E-state index is 13.9. The molecule has 712 valence electrons. The van der Waals surface area contributed by atoms with Gasteiger partial charge in [0.15, 0.2) is 11.6 Å². The smallest absolute Gasteiger partial charge is 0.308 e. The molecule has 6 aromatic heterocycles. The zero-order valence-electron chi connectivity index (χ0n) is 77.9. The molecule has 32 nitrogen and oxygen atoms in total. The lowest BCUT2D eigenvalue weighted by Gasteiger charge is -2.22. The minimum absolute atomic E-state index is 0.00141. The molecule has 14 aromatic rings. The van der Waals surface area contributed by atoms with Crippen LogP contribution in [0.1, 0.15) is 178 Å². The largest absolute Gasteiger partial charge is 0.513 e. The molecule has 0 spiro atoms. The molecule has 8 aromatic carbocycles. The summed E-state index contributed by atoms with van der Waals surface area (Å²) in [6, 6.07) is 45.0. The number of hydrogen-bond acceptors (Lipinski definition) is 25. The molecule has 0 saturated carbocycles. The number of rotatable bonds is 35. The van der Waals surface area contributed by atoms with Gasteiger partial charge in [-0.15, -0.1) is 48.2 Å². The van der Waals surface area contributed by atoms with Crippen molar-refractivity contribution in [1.82, 2.24) is 73.3 Å². The third-order valence-corrected chi connectivity index (χ3v) is 31.0. The van der Waals surface area contributed by atoms with Gasteiger partial charge in [-0.2, -0.15) is 8.61 Å². The summed E-state index contributed by atoms with van der Waals surface area (Å²) in [4.78, 5) is 68.5. The van der Waals surface area contributed by atoms with Crippen LogP contribution in [0, 0.1) is 48.5 Å². The Morgan fingerprint density at radius 3 is 1.52 bits per heavy atom. The van der Waals surface area contributed by atoms with Crippen molar-refractivity contribution in [3.8, 4) is 33.0 Å². The summed E-state index contributed by atoms with van der Waals surface area (Å²) in [5, 5.41) is 55.2. The van der Waals surface area contributed by atoms with Crippen molar-refractivity contribution in [2.75, 3.05) is 61.7 Å². The summed E-state index contributed by atoms with van der Waals surface area (Å²) < 4.78 is 93.6. The number of aromatic nitrogens is 11. The van der Waals surface area contributed by atoms with Crippen LogP contribution in [0.4, 0.5) is 0 Å². The van der Waals surface area contributed by atoms with E-state index in [2.05, 4.69) is 66.8 Å². The van der Waals surface area contributed by atoms with Gasteiger partial charge in [0.1, 0.15) is 73.3 Å². The summed E-state index contributed by atoms with van der Waals surface area (Å²) >= 11 is 15.4. The highest BCUT2D eigenvalue weighted by atomic mass is 35.5. The third-order valence-electron chi connectivity index (χ3n) is 24.4. The number of carbonyl (C=O) groups excluding carboxylic acids is 3. The fourth-order valence-corrected chi connectivity index (χ4v) is 22.0. The van der Waals surface area contributed by atoms with Crippen LogP contribution in [0.2, 0.25) is 10.0 Å². The molecule has 16 rings (SSSR count). The number of amides is 2. The Morgan fingerprint density at radius 2 is 1.02 bits per heavy atom. The number of carbonyl (C=O) groups is 4. The van der Waals surface area contributed by atoms with Gasteiger partial charge < -0.3 is 49.1 Å². The van der Waals surface area contributed by atoms with E-state index in [0.717, 1.165) is 98.9 Å². The minimum atomic E-state index is -3.93. The number of allylic oxidation sites excluding steroid dienone is 1. The van der Waals surface area contributed by atoms with Crippen molar-refractivity contribution >= 4 is 123 Å². The lowest BCUT2D eigenvalue weighted by molar-refractivity contribution is -0.141. The number of thiophene rings is 2. The van der Waals surface area contributed by atoms with Gasteiger partial charge >= 0.3 is 11.9 Å². The molecule has 38 heteroatoms. The first-order valence-electron chi connectivity index (χ1n) is 43.9. The van der Waals surface area contributed by atoms with Gasteiger partial charge in [-0.25, -0.2) is 26.5 Å². The molecule has 4 atom stereocenters. The summed E-state index contributed by atoms with van der Waals surface area (Å²) in [5.74, 6) is 1.70. The topological polar surface area (TPSA) is 388 Å². The number of aryl methyl sites for hydroxylation is 7. The Balaban J connectivity index is 0.000000208. The Morgan fingerprint density at radius 1 is 0.547 bits per heavy atom. The number of halogens is 2. The summed E-state index contributed by atoms with van der Waals surface area (Å²) in [6.07, 6.45) is 2.69. The van der Waals surface area contributed by atoms with Crippen LogP contribution < -0.4 is 29.6 Å². The molecule has 0 aliphatic carbocycles. The number of imidazole rings is 1. The number of aliphatic hydroxyl groups is 1. The van der Waals surface area contributed by atoms with Gasteiger partial charge in [0.25, 0.3) is 5.91 Å². The quantitative estimate of drug-likeness (QED) is 0.0163. The number of nitrogens with zero attached hydrogens (tertiary/aromatic N) is 15. The van der Waals surface area contributed by atoms with Crippen molar-refractivity contribution in [1.29, 1.82) is 0 Å². The van der Waals surface area contributed by atoms with E-state index in [1.165, 1.54) is 65.4 Å². The number of aliphatic hydroxyl groups excluding tert-OH is 1. The van der Waals surface area contributed by atoms with Crippen LogP contribution in [0.5, 0.6) is 23.0 Å². The first-order valence-corrected chi connectivity index (χ1v) is 49.2. The van der Waals surface area contributed by atoms with Gasteiger partial charge in [0.05, 0.1) is 97.5 Å². The van der Waals surface area contributed by atoms with E-state index >= 15 is 0 Å². The first kappa shape index (κ1) is 98.2. The van der Waals surface area contributed by atoms with Crippen molar-refractivity contribution in [3.63, 3.8) is 0 Å². The summed E-state index contributed by atoms with van der Waals surface area (Å²) in [6.45, 7) is 18.7. The number of nitrogens with one attached hydrogen (secondary N) is 2. The predicted molar refractivity (Wildman–Crippen MR) is 526 cm³/mol. The maximum Gasteiger partial charge on any atom is 0.308 e. The Bertz CT molecular complexity index is 7270. The van der Waals surface area contributed by atoms with Crippen LogP contribution in [-0.2, 0) is 66.4 Å². The number of aliphatic imine (C=N–C) groups is 2. The molecule has 2 amide bonds. The van der Waals surface area contributed by atoms with Crippen LogP contribution in [0.15, 0.2) is 196 Å². The molecule has 2 aliphatic rings. The fourth-order valence-electron chi connectivity index (χ4n) is 16.9. The number of sulfonamides is 2. The molecular formula is C99H103Cl2N17O15S4. The van der Waals surface area contributed by atoms with E-state index in [-0.39, 0.29) is 85.3 Å². The molecule has 4 N–H and O–H groups in total. The SMILES string of the molecule is C=C(O)CC(c1ccc(C)c(CN(C)S(=O)(=O)c2ccc(OCCCNC(=O)c3sc4c(c3C)C(c3ccc(Cl)cc3)=N[C@@H](CC(=O)OC)c3nnc(C)n3-4)cc2)c1)c1cc(OC)c2c(c1)nnn2C.COc1cc(C(CC(=O)O)c2ccc(C)c(CN(C)S(=O)(=O)c3ccc(OCCCNC(=O)C[C@@H]4N=C(c5ccc(Cl)cc5)c5c(sc(C)c5C)-n5c(C)nnc54)cc3)c2)cc2ncn(C)c12. The second-order valence-electron chi connectivity index (χ2n) is 33.6. The van der Waals surface area contributed by atoms with Gasteiger partial charge in [-0.1, -0.05) is 95.7 Å². The Kier molecular flexibility index (Phi) is 29.9. The highest BCUT2D eigenvalue weighted by molar-refractivity contribution is 7.89. The summed E-state index contributed by atoms with van der Waals surface area (Å²) in [5.41, 5.74) is 15.8. The maximum absolute atomic E-state index is 13.9. The number of carboxylic acid groups (broad SMARTS) is 1. The summed E-state index contributed by atoms with van der Waals surface area (Å²) in [7, 11) is 3.33. The second-order valence-corrected chi connectivity index (χ2v) is 40.8. The third kappa shape index (κ3) is 21.1. The Labute approximate surface area is 810 Å². The average molecular weight is 1970 g/mol. The van der Waals surface area contributed by atoms with Crippen LogP contribution in [0.25, 0.3) is 32.1 Å². The van der Waals surface area contributed by atoms with Gasteiger partial charge in [0.2, 0.25) is 26.0 Å². The number of aliphatic carboxylic acids is 1. The predicted octanol–water partition coefficient (Wildman–Crippen LogP) is 16.7. The molecule has 0 radical (unpaired) electrons. The van der Waals surface area contributed by atoms with Crippen molar-refractivity contribution in [2.24, 2.45) is 24.1 Å². The number of benzene rings is 8. The van der Waals surface area contributed by atoms with E-state index in [9.17, 15) is 46.2 Å². The number of ether oxygens (including phenoxy) is 5. The molecule has 2 unspecified atom stereocenters. The van der Waals surface area contributed by atoms with Crippen LogP contribution in [0.3, 0.4) is 0 Å². The lowest BCUT2D eigenvalue weighted by Crippen LogP contribution is -2.27. The van der Waals surface area contributed by atoms with Crippen molar-refractivity contribution in [3.05, 3.63) is 297 Å².